The monoisotopic (exact) mass is 246 g/mol. The molecule has 0 aromatic carbocycles. The molecule has 2 N–H and O–H groups in total. The molecule has 0 fully saturated rings. The molecule has 0 aliphatic rings. The third-order valence-electron chi connectivity index (χ3n) is 2.27. The minimum Gasteiger partial charge on any atom is -0.355 e. The van der Waals surface area contributed by atoms with Crippen molar-refractivity contribution in [3.8, 4) is 0 Å². The van der Waals surface area contributed by atoms with E-state index in [1.807, 2.05) is 0 Å². The smallest absolute Gasteiger partial charge is 0.221 e. The third kappa shape index (κ3) is 9.04. The highest BCUT2D eigenvalue weighted by molar-refractivity contribution is 7.99. The number of hydrogen-bond acceptors (Lipinski definition) is 3. The summed E-state index contributed by atoms with van der Waals surface area (Å²) in [6.07, 6.45) is 2.61. The summed E-state index contributed by atoms with van der Waals surface area (Å²) in [5.41, 5.74) is 0.0822. The van der Waals surface area contributed by atoms with Gasteiger partial charge in [-0.05, 0) is 40.9 Å². The molecule has 0 radical (unpaired) electrons. The molecule has 3 nitrogen and oxygen atoms in total. The highest BCUT2D eigenvalue weighted by Gasteiger charge is 2.17. The fourth-order valence-electron chi connectivity index (χ4n) is 1.02. The Labute approximate surface area is 104 Å². The SMILES string of the molecule is CSC(C)(C)CNC(=O)CCNC(C)(C)C. The van der Waals surface area contributed by atoms with Crippen molar-refractivity contribution in [1.82, 2.24) is 10.6 Å². The van der Waals surface area contributed by atoms with E-state index in [2.05, 4.69) is 51.5 Å². The molecule has 0 heterocycles. The van der Waals surface area contributed by atoms with E-state index in [4.69, 9.17) is 0 Å². The predicted octanol–water partition coefficient (Wildman–Crippen LogP) is 2.02. The zero-order chi connectivity index (χ0) is 12.8. The summed E-state index contributed by atoms with van der Waals surface area (Å²) in [4.78, 5) is 11.5. The fraction of sp³-hybridized carbons (Fsp3) is 0.917. The largest absolute Gasteiger partial charge is 0.355 e. The summed E-state index contributed by atoms with van der Waals surface area (Å²) >= 11 is 1.77. The van der Waals surface area contributed by atoms with Crippen molar-refractivity contribution in [2.75, 3.05) is 19.3 Å². The van der Waals surface area contributed by atoms with Gasteiger partial charge in [0.25, 0.3) is 0 Å². The lowest BCUT2D eigenvalue weighted by Gasteiger charge is -2.23. The summed E-state index contributed by atoms with van der Waals surface area (Å²) in [7, 11) is 0. The van der Waals surface area contributed by atoms with E-state index in [0.717, 1.165) is 13.1 Å². The molecule has 4 heteroatoms. The molecule has 0 aromatic rings. The van der Waals surface area contributed by atoms with Crippen LogP contribution in [0, 0.1) is 0 Å². The summed E-state index contributed by atoms with van der Waals surface area (Å²) in [6, 6.07) is 0. The van der Waals surface area contributed by atoms with E-state index in [0.29, 0.717) is 6.42 Å². The summed E-state index contributed by atoms with van der Waals surface area (Å²) in [5.74, 6) is 0.124. The van der Waals surface area contributed by atoms with Gasteiger partial charge in [-0.3, -0.25) is 4.79 Å². The Morgan fingerprint density at radius 2 is 1.75 bits per heavy atom. The fourth-order valence-corrected chi connectivity index (χ4v) is 1.24. The van der Waals surface area contributed by atoms with Crippen molar-refractivity contribution in [2.24, 2.45) is 0 Å². The molecule has 0 unspecified atom stereocenters. The highest BCUT2D eigenvalue weighted by atomic mass is 32.2. The maximum absolute atomic E-state index is 11.5. The van der Waals surface area contributed by atoms with Crippen LogP contribution in [0.2, 0.25) is 0 Å². The van der Waals surface area contributed by atoms with Crippen LogP contribution in [0.1, 0.15) is 41.0 Å². The summed E-state index contributed by atoms with van der Waals surface area (Å²) in [5, 5.41) is 6.26. The Kier molecular flexibility index (Phi) is 6.41. The lowest BCUT2D eigenvalue weighted by Crippen LogP contribution is -2.40. The van der Waals surface area contributed by atoms with Crippen molar-refractivity contribution in [1.29, 1.82) is 0 Å². The van der Waals surface area contributed by atoms with Gasteiger partial charge in [-0.2, -0.15) is 11.8 Å². The first kappa shape index (κ1) is 15.8. The molecule has 0 atom stereocenters. The van der Waals surface area contributed by atoms with E-state index in [-0.39, 0.29) is 16.2 Å². The predicted molar refractivity (Wildman–Crippen MR) is 73.0 cm³/mol. The van der Waals surface area contributed by atoms with Gasteiger partial charge >= 0.3 is 0 Å². The van der Waals surface area contributed by atoms with Crippen molar-refractivity contribution >= 4 is 17.7 Å². The molecule has 0 aromatic heterocycles. The zero-order valence-corrected chi connectivity index (χ0v) is 12.3. The summed E-state index contributed by atoms with van der Waals surface area (Å²) in [6.45, 7) is 12.0. The van der Waals surface area contributed by atoms with Gasteiger partial charge < -0.3 is 10.6 Å². The van der Waals surface area contributed by atoms with Crippen molar-refractivity contribution < 1.29 is 4.79 Å². The van der Waals surface area contributed by atoms with Crippen LogP contribution in [0.4, 0.5) is 0 Å². The molecular weight excluding hydrogens is 220 g/mol. The van der Waals surface area contributed by atoms with Gasteiger partial charge in [-0.1, -0.05) is 0 Å². The van der Waals surface area contributed by atoms with E-state index >= 15 is 0 Å². The van der Waals surface area contributed by atoms with Crippen LogP contribution in [-0.2, 0) is 4.79 Å². The maximum Gasteiger partial charge on any atom is 0.221 e. The van der Waals surface area contributed by atoms with E-state index in [1.54, 1.807) is 11.8 Å². The van der Waals surface area contributed by atoms with Crippen molar-refractivity contribution in [2.45, 2.75) is 51.3 Å². The number of nitrogens with one attached hydrogen (secondary N) is 2. The zero-order valence-electron chi connectivity index (χ0n) is 11.4. The van der Waals surface area contributed by atoms with Gasteiger partial charge in [0.1, 0.15) is 0 Å². The number of carbonyl (C=O) groups is 1. The van der Waals surface area contributed by atoms with Crippen LogP contribution in [0.3, 0.4) is 0 Å². The van der Waals surface area contributed by atoms with Gasteiger partial charge in [-0.15, -0.1) is 0 Å². The molecule has 0 bridgehead atoms. The number of thioether (sulfide) groups is 1. The van der Waals surface area contributed by atoms with Crippen molar-refractivity contribution in [3.63, 3.8) is 0 Å². The Balaban J connectivity index is 3.68. The quantitative estimate of drug-likeness (QED) is 0.753. The van der Waals surface area contributed by atoms with Crippen LogP contribution < -0.4 is 10.6 Å². The number of carbonyl (C=O) groups excluding carboxylic acids is 1. The standard InChI is InChI=1S/C12H26N2OS/c1-11(2,3)14-8-7-10(15)13-9-12(4,5)16-6/h14H,7-9H2,1-6H3,(H,13,15). The Morgan fingerprint density at radius 3 is 2.19 bits per heavy atom. The number of hydrogen-bond donors (Lipinski definition) is 2. The first-order valence-electron chi connectivity index (χ1n) is 5.73. The second kappa shape index (κ2) is 6.50. The lowest BCUT2D eigenvalue weighted by molar-refractivity contribution is -0.121. The lowest BCUT2D eigenvalue weighted by atomic mass is 10.1. The van der Waals surface area contributed by atoms with E-state index < -0.39 is 0 Å². The number of amides is 1. The Morgan fingerprint density at radius 1 is 1.19 bits per heavy atom. The molecule has 0 rings (SSSR count). The van der Waals surface area contributed by atoms with Gasteiger partial charge in [0.15, 0.2) is 0 Å². The maximum atomic E-state index is 11.5. The Hall–Kier alpha value is -0.220. The average molecular weight is 246 g/mol. The molecular formula is C12H26N2OS. The molecule has 0 saturated heterocycles. The molecule has 0 aliphatic heterocycles. The topological polar surface area (TPSA) is 41.1 Å². The Bertz CT molecular complexity index is 222. The first-order chi connectivity index (χ1) is 7.16. The second-order valence-electron chi connectivity index (χ2n) is 5.67. The second-order valence-corrected chi connectivity index (χ2v) is 7.18. The molecule has 96 valence electrons. The van der Waals surface area contributed by atoms with Gasteiger partial charge in [0, 0.05) is 29.8 Å². The average Bonchev–Trinajstić information content (AvgIpc) is 2.13. The van der Waals surface area contributed by atoms with Crippen LogP contribution in [-0.4, -0.2) is 35.5 Å². The van der Waals surface area contributed by atoms with Gasteiger partial charge in [-0.25, -0.2) is 0 Å². The summed E-state index contributed by atoms with van der Waals surface area (Å²) < 4.78 is 0.118. The minimum atomic E-state index is 0.0822. The molecule has 16 heavy (non-hydrogen) atoms. The van der Waals surface area contributed by atoms with Crippen LogP contribution in [0.15, 0.2) is 0 Å². The first-order valence-corrected chi connectivity index (χ1v) is 6.96. The van der Waals surface area contributed by atoms with Gasteiger partial charge in [0.2, 0.25) is 5.91 Å². The molecule has 1 amide bonds. The highest BCUT2D eigenvalue weighted by Crippen LogP contribution is 2.19. The van der Waals surface area contributed by atoms with Gasteiger partial charge in [0.05, 0.1) is 0 Å². The molecule has 0 saturated carbocycles. The molecule has 0 aliphatic carbocycles. The van der Waals surface area contributed by atoms with E-state index in [1.165, 1.54) is 0 Å². The minimum absolute atomic E-state index is 0.0822. The van der Waals surface area contributed by atoms with Crippen LogP contribution in [0.25, 0.3) is 0 Å². The van der Waals surface area contributed by atoms with Crippen LogP contribution >= 0.6 is 11.8 Å². The van der Waals surface area contributed by atoms with Crippen molar-refractivity contribution in [3.05, 3.63) is 0 Å². The van der Waals surface area contributed by atoms with E-state index in [9.17, 15) is 4.79 Å². The normalized spacial score (nSPS) is 12.6. The van der Waals surface area contributed by atoms with Crippen LogP contribution in [0.5, 0.6) is 0 Å². The third-order valence-corrected chi connectivity index (χ3v) is 3.52. The molecule has 0 spiro atoms. The number of rotatable bonds is 6.